The van der Waals surface area contributed by atoms with Crippen LogP contribution in [0.5, 0.6) is 5.75 Å². The highest BCUT2D eigenvalue weighted by Gasteiger charge is 2.11. The molecule has 0 aliphatic rings. The van der Waals surface area contributed by atoms with Gasteiger partial charge in [0.2, 0.25) is 0 Å². The number of ether oxygens (including phenoxy) is 1. The molecule has 0 saturated carbocycles. The predicted octanol–water partition coefficient (Wildman–Crippen LogP) is 3.51. The van der Waals surface area contributed by atoms with Gasteiger partial charge in [-0.25, -0.2) is 4.79 Å². The van der Waals surface area contributed by atoms with E-state index < -0.39 is 5.97 Å². The zero-order valence-electron chi connectivity index (χ0n) is 10.7. The van der Waals surface area contributed by atoms with E-state index in [0.717, 1.165) is 12.8 Å². The van der Waals surface area contributed by atoms with Crippen molar-refractivity contribution in [1.82, 2.24) is 0 Å². The van der Waals surface area contributed by atoms with E-state index in [1.807, 2.05) is 6.07 Å². The third-order valence-electron chi connectivity index (χ3n) is 2.82. The molecule has 0 saturated heterocycles. The van der Waals surface area contributed by atoms with Crippen molar-refractivity contribution in [3.63, 3.8) is 0 Å². The molecule has 0 aliphatic carbocycles. The zero-order valence-corrected chi connectivity index (χ0v) is 10.7. The fraction of sp³-hybridized carbons (Fsp3) is 0.500. The lowest BCUT2D eigenvalue weighted by Crippen LogP contribution is -2.10. The van der Waals surface area contributed by atoms with E-state index in [2.05, 4.69) is 13.8 Å². The minimum absolute atomic E-state index is 0.311. The van der Waals surface area contributed by atoms with Gasteiger partial charge in [0.1, 0.15) is 5.75 Å². The first-order valence-corrected chi connectivity index (χ1v) is 6.02. The number of hydrogen-bond donors (Lipinski definition) is 1. The molecule has 1 aromatic rings. The van der Waals surface area contributed by atoms with Gasteiger partial charge in [0.15, 0.2) is 0 Å². The van der Waals surface area contributed by atoms with Crippen LogP contribution in [0.1, 0.15) is 42.6 Å². The topological polar surface area (TPSA) is 46.5 Å². The van der Waals surface area contributed by atoms with E-state index in [1.54, 1.807) is 19.1 Å². The molecule has 1 unspecified atom stereocenters. The van der Waals surface area contributed by atoms with Crippen molar-refractivity contribution < 1.29 is 14.6 Å². The molecule has 1 atom stereocenters. The summed E-state index contributed by atoms with van der Waals surface area (Å²) in [5, 5.41) is 9.00. The average molecular weight is 236 g/mol. The predicted molar refractivity (Wildman–Crippen MR) is 67.7 cm³/mol. The highest BCUT2D eigenvalue weighted by molar-refractivity contribution is 5.90. The Hall–Kier alpha value is -1.51. The van der Waals surface area contributed by atoms with Gasteiger partial charge in [-0.3, -0.25) is 0 Å². The fourth-order valence-corrected chi connectivity index (χ4v) is 1.81. The van der Waals surface area contributed by atoms with Gasteiger partial charge < -0.3 is 9.84 Å². The summed E-state index contributed by atoms with van der Waals surface area (Å²) >= 11 is 0. The van der Waals surface area contributed by atoms with Crippen molar-refractivity contribution in [2.75, 3.05) is 6.61 Å². The van der Waals surface area contributed by atoms with Crippen LogP contribution in [0.2, 0.25) is 0 Å². The quantitative estimate of drug-likeness (QED) is 0.822. The Kier molecular flexibility index (Phi) is 5.01. The van der Waals surface area contributed by atoms with Crippen molar-refractivity contribution in [3.05, 3.63) is 29.3 Å². The molecule has 1 aromatic carbocycles. The van der Waals surface area contributed by atoms with Crippen LogP contribution in [0.4, 0.5) is 0 Å². The first kappa shape index (κ1) is 13.6. The maximum atomic E-state index is 11.0. The number of carboxylic acid groups (broad SMARTS) is 1. The molecule has 0 bridgehead atoms. The molecular formula is C14H20O3. The van der Waals surface area contributed by atoms with Gasteiger partial charge in [0, 0.05) is 5.56 Å². The second-order valence-corrected chi connectivity index (χ2v) is 4.44. The molecule has 0 radical (unpaired) electrons. The standard InChI is InChI=1S/C14H20O3/c1-4-6-10(2)9-17-13-8-5-7-12(11(13)3)14(15)16/h5,7-8,10H,4,6,9H2,1-3H3,(H,15,16). The number of carboxylic acids is 1. The Balaban J connectivity index is 2.72. The maximum absolute atomic E-state index is 11.0. The second kappa shape index (κ2) is 6.28. The summed E-state index contributed by atoms with van der Waals surface area (Å²) in [6, 6.07) is 5.14. The highest BCUT2D eigenvalue weighted by Crippen LogP contribution is 2.22. The number of aromatic carboxylic acids is 1. The van der Waals surface area contributed by atoms with Gasteiger partial charge in [-0.15, -0.1) is 0 Å². The van der Waals surface area contributed by atoms with Crippen LogP contribution in [-0.4, -0.2) is 17.7 Å². The highest BCUT2D eigenvalue weighted by atomic mass is 16.5. The van der Waals surface area contributed by atoms with Gasteiger partial charge in [-0.1, -0.05) is 26.3 Å². The molecule has 0 spiro atoms. The molecule has 3 heteroatoms. The third-order valence-corrected chi connectivity index (χ3v) is 2.82. The van der Waals surface area contributed by atoms with Crippen molar-refractivity contribution in [2.24, 2.45) is 5.92 Å². The molecule has 1 rings (SSSR count). The molecule has 0 amide bonds. The molecule has 94 valence electrons. The van der Waals surface area contributed by atoms with Crippen molar-refractivity contribution >= 4 is 5.97 Å². The third kappa shape index (κ3) is 3.77. The number of rotatable bonds is 6. The Morgan fingerprint density at radius 3 is 2.76 bits per heavy atom. The van der Waals surface area contributed by atoms with Gasteiger partial charge in [-0.05, 0) is 31.4 Å². The van der Waals surface area contributed by atoms with E-state index >= 15 is 0 Å². The SMILES string of the molecule is CCCC(C)COc1cccc(C(=O)O)c1C. The first-order chi connectivity index (χ1) is 8.06. The van der Waals surface area contributed by atoms with Crippen molar-refractivity contribution in [1.29, 1.82) is 0 Å². The minimum Gasteiger partial charge on any atom is -0.493 e. The fourth-order valence-electron chi connectivity index (χ4n) is 1.81. The maximum Gasteiger partial charge on any atom is 0.336 e. The van der Waals surface area contributed by atoms with Crippen LogP contribution in [0.15, 0.2) is 18.2 Å². The van der Waals surface area contributed by atoms with Crippen LogP contribution >= 0.6 is 0 Å². The molecule has 17 heavy (non-hydrogen) atoms. The second-order valence-electron chi connectivity index (χ2n) is 4.44. The van der Waals surface area contributed by atoms with Gasteiger partial charge in [-0.2, -0.15) is 0 Å². The first-order valence-electron chi connectivity index (χ1n) is 6.02. The van der Waals surface area contributed by atoms with Crippen LogP contribution in [0.25, 0.3) is 0 Å². The molecule has 0 fully saturated rings. The van der Waals surface area contributed by atoms with E-state index in [-0.39, 0.29) is 0 Å². The number of carbonyl (C=O) groups is 1. The Morgan fingerprint density at radius 1 is 1.47 bits per heavy atom. The van der Waals surface area contributed by atoms with Crippen LogP contribution in [0, 0.1) is 12.8 Å². The number of benzene rings is 1. The van der Waals surface area contributed by atoms with Gasteiger partial charge in [0.25, 0.3) is 0 Å². The molecular weight excluding hydrogens is 216 g/mol. The summed E-state index contributed by atoms with van der Waals surface area (Å²) in [4.78, 5) is 11.0. The summed E-state index contributed by atoms with van der Waals surface area (Å²) in [6.45, 7) is 6.70. The normalized spacial score (nSPS) is 12.2. The summed E-state index contributed by atoms with van der Waals surface area (Å²) in [5.74, 6) is 0.260. The van der Waals surface area contributed by atoms with Crippen LogP contribution < -0.4 is 4.74 Å². The molecule has 3 nitrogen and oxygen atoms in total. The lowest BCUT2D eigenvalue weighted by Gasteiger charge is -2.14. The van der Waals surface area contributed by atoms with Gasteiger partial charge >= 0.3 is 5.97 Å². The monoisotopic (exact) mass is 236 g/mol. The smallest absolute Gasteiger partial charge is 0.336 e. The Labute approximate surface area is 102 Å². The van der Waals surface area contributed by atoms with Crippen molar-refractivity contribution in [2.45, 2.75) is 33.6 Å². The van der Waals surface area contributed by atoms with E-state index in [1.165, 1.54) is 0 Å². The Morgan fingerprint density at radius 2 is 2.18 bits per heavy atom. The lowest BCUT2D eigenvalue weighted by atomic mass is 10.1. The molecule has 0 aliphatic heterocycles. The van der Waals surface area contributed by atoms with Crippen molar-refractivity contribution in [3.8, 4) is 5.75 Å². The zero-order chi connectivity index (χ0) is 12.8. The molecule has 0 heterocycles. The van der Waals surface area contributed by atoms with Gasteiger partial charge in [0.05, 0.1) is 12.2 Å². The molecule has 1 N–H and O–H groups in total. The van der Waals surface area contributed by atoms with E-state index in [4.69, 9.17) is 9.84 Å². The van der Waals surface area contributed by atoms with Crippen LogP contribution in [-0.2, 0) is 0 Å². The molecule has 0 aromatic heterocycles. The van der Waals surface area contributed by atoms with Crippen LogP contribution in [0.3, 0.4) is 0 Å². The van der Waals surface area contributed by atoms with E-state index in [9.17, 15) is 4.79 Å². The summed E-state index contributed by atoms with van der Waals surface area (Å²) in [7, 11) is 0. The Bertz CT molecular complexity index is 385. The largest absolute Gasteiger partial charge is 0.493 e. The van der Waals surface area contributed by atoms with E-state index in [0.29, 0.717) is 29.4 Å². The number of hydrogen-bond acceptors (Lipinski definition) is 2. The summed E-state index contributed by atoms with van der Waals surface area (Å²) < 4.78 is 5.68. The summed E-state index contributed by atoms with van der Waals surface area (Å²) in [6.07, 6.45) is 2.26. The summed E-state index contributed by atoms with van der Waals surface area (Å²) in [5.41, 5.74) is 1.01. The average Bonchev–Trinajstić information content (AvgIpc) is 2.27. The lowest BCUT2D eigenvalue weighted by molar-refractivity contribution is 0.0695. The minimum atomic E-state index is -0.908.